The lowest BCUT2D eigenvalue weighted by molar-refractivity contribution is -0.119. The molecule has 2 aromatic carbocycles. The number of rotatable bonds is 6. The normalized spacial score (nSPS) is 11.5. The average Bonchev–Trinajstić information content (AvgIpc) is 3.03. The molecule has 0 unspecified atom stereocenters. The zero-order valence-corrected chi connectivity index (χ0v) is 17.9. The van der Waals surface area contributed by atoms with Crippen LogP contribution >= 0.6 is 27.5 Å². The number of hydrogen-bond donors (Lipinski definition) is 1. The summed E-state index contributed by atoms with van der Waals surface area (Å²) in [6, 6.07) is 12.6. The Hall–Kier alpha value is -2.16. The highest BCUT2D eigenvalue weighted by atomic mass is 79.9. The Bertz CT molecular complexity index is 1170. The zero-order chi connectivity index (χ0) is 20.5. The number of nitrogens with zero attached hydrogens (tertiary/aromatic N) is 1. The van der Waals surface area contributed by atoms with Crippen molar-refractivity contribution in [3.05, 3.63) is 64.8 Å². The van der Waals surface area contributed by atoms with Crippen LogP contribution in [0.25, 0.3) is 10.9 Å². The first kappa shape index (κ1) is 20.6. The third-order valence-corrected chi connectivity index (χ3v) is 6.74. The lowest BCUT2D eigenvalue weighted by Gasteiger charge is -2.13. The smallest absolute Gasteiger partial charge is 0.268 e. The molecule has 0 bridgehead atoms. The quantitative estimate of drug-likeness (QED) is 0.427. The number of benzene rings is 2. The zero-order valence-electron chi connectivity index (χ0n) is 14.8. The number of carbonyl (C=O) groups excluding carboxylic acids is 2. The molecule has 0 aliphatic carbocycles. The monoisotopic (exact) mass is 482 g/mol. The number of Topliss-reactive ketones (excluding diaryl/α,β-unsaturated/α-hetero) is 1. The van der Waals surface area contributed by atoms with Gasteiger partial charge in [0.15, 0.2) is 5.78 Å². The van der Waals surface area contributed by atoms with Crippen molar-refractivity contribution < 1.29 is 18.0 Å². The van der Waals surface area contributed by atoms with Crippen LogP contribution in [0, 0.1) is 0 Å². The minimum absolute atomic E-state index is 0.00935. The third-order valence-electron chi connectivity index (χ3n) is 4.14. The second-order valence-electron chi connectivity index (χ2n) is 6.08. The van der Waals surface area contributed by atoms with Crippen molar-refractivity contribution in [2.75, 3.05) is 5.33 Å². The Morgan fingerprint density at radius 2 is 1.82 bits per heavy atom. The molecule has 1 heterocycles. The molecule has 0 saturated carbocycles. The lowest BCUT2D eigenvalue weighted by atomic mass is 10.1. The number of carbonyl (C=O) groups is 2. The standard InChI is InChI=1S/C19H16BrClN2O4S/c1-12(24)22-11-14-7-13-8-17(21)16(19(25)10-20)9-18(13)23(14)28(26,27)15-5-3-2-4-6-15/h2-9H,10-11H2,1H3,(H,22,24). The first-order valence-electron chi connectivity index (χ1n) is 8.24. The van der Waals surface area contributed by atoms with E-state index in [-0.39, 0.29) is 39.0 Å². The van der Waals surface area contributed by atoms with E-state index in [9.17, 15) is 18.0 Å². The molecule has 6 nitrogen and oxygen atoms in total. The molecule has 0 atom stereocenters. The van der Waals surface area contributed by atoms with Crippen LogP contribution in [0.3, 0.4) is 0 Å². The molecule has 9 heteroatoms. The van der Waals surface area contributed by atoms with Gasteiger partial charge < -0.3 is 5.32 Å². The van der Waals surface area contributed by atoms with Crippen molar-refractivity contribution in [2.45, 2.75) is 18.4 Å². The molecule has 0 radical (unpaired) electrons. The summed E-state index contributed by atoms with van der Waals surface area (Å²) in [6.07, 6.45) is 0. The summed E-state index contributed by atoms with van der Waals surface area (Å²) in [5.74, 6) is -0.553. The molecule has 1 amide bonds. The number of hydrogen-bond acceptors (Lipinski definition) is 4. The second-order valence-corrected chi connectivity index (χ2v) is 8.83. The molecule has 1 N–H and O–H groups in total. The van der Waals surface area contributed by atoms with Crippen molar-refractivity contribution >= 4 is 60.1 Å². The van der Waals surface area contributed by atoms with Gasteiger partial charge in [0.25, 0.3) is 10.0 Å². The highest BCUT2D eigenvalue weighted by Crippen LogP contribution is 2.31. The number of ketones is 1. The predicted molar refractivity (Wildman–Crippen MR) is 112 cm³/mol. The summed E-state index contributed by atoms with van der Waals surface area (Å²) in [5, 5.41) is 3.46. The molecule has 1 aromatic heterocycles. The van der Waals surface area contributed by atoms with E-state index in [4.69, 9.17) is 11.6 Å². The van der Waals surface area contributed by atoms with Crippen molar-refractivity contribution in [3.63, 3.8) is 0 Å². The van der Waals surface area contributed by atoms with E-state index in [1.807, 2.05) is 0 Å². The minimum Gasteiger partial charge on any atom is -0.351 e. The van der Waals surface area contributed by atoms with Gasteiger partial charge in [-0.3, -0.25) is 9.59 Å². The molecule has 3 aromatic rings. The van der Waals surface area contributed by atoms with Gasteiger partial charge in [0.05, 0.1) is 33.0 Å². The summed E-state index contributed by atoms with van der Waals surface area (Å²) in [6.45, 7) is 1.36. The van der Waals surface area contributed by atoms with Gasteiger partial charge in [-0.05, 0) is 30.3 Å². The number of halogens is 2. The van der Waals surface area contributed by atoms with E-state index in [0.29, 0.717) is 16.6 Å². The van der Waals surface area contributed by atoms with Crippen LogP contribution in [-0.2, 0) is 21.4 Å². The van der Waals surface area contributed by atoms with Gasteiger partial charge in [0, 0.05) is 17.9 Å². The summed E-state index contributed by atoms with van der Waals surface area (Å²) in [7, 11) is -3.96. The van der Waals surface area contributed by atoms with Gasteiger partial charge in [-0.2, -0.15) is 0 Å². The van der Waals surface area contributed by atoms with Gasteiger partial charge >= 0.3 is 0 Å². The Kier molecular flexibility index (Phi) is 5.92. The Morgan fingerprint density at radius 3 is 2.43 bits per heavy atom. The molecule has 3 rings (SSSR count). The fourth-order valence-electron chi connectivity index (χ4n) is 2.87. The van der Waals surface area contributed by atoms with E-state index in [0.717, 1.165) is 3.97 Å². The predicted octanol–water partition coefficient (Wildman–Crippen LogP) is 3.75. The first-order chi connectivity index (χ1) is 13.3. The fraction of sp³-hybridized carbons (Fsp3) is 0.158. The summed E-state index contributed by atoms with van der Waals surface area (Å²) < 4.78 is 27.8. The van der Waals surface area contributed by atoms with Gasteiger partial charge in [-0.15, -0.1) is 0 Å². The van der Waals surface area contributed by atoms with Crippen molar-refractivity contribution in [1.82, 2.24) is 9.29 Å². The summed E-state index contributed by atoms with van der Waals surface area (Å²) >= 11 is 9.34. The maximum Gasteiger partial charge on any atom is 0.268 e. The van der Waals surface area contributed by atoms with Crippen LogP contribution in [0.4, 0.5) is 0 Å². The van der Waals surface area contributed by atoms with E-state index in [2.05, 4.69) is 21.2 Å². The topological polar surface area (TPSA) is 85.2 Å². The Morgan fingerprint density at radius 1 is 1.14 bits per heavy atom. The van der Waals surface area contributed by atoms with E-state index < -0.39 is 10.0 Å². The maximum atomic E-state index is 13.3. The van der Waals surface area contributed by atoms with Crippen molar-refractivity contribution in [1.29, 1.82) is 0 Å². The molecule has 0 spiro atoms. The lowest BCUT2D eigenvalue weighted by Crippen LogP contribution is -2.23. The van der Waals surface area contributed by atoms with Crippen LogP contribution in [0.1, 0.15) is 23.0 Å². The van der Waals surface area contributed by atoms with E-state index in [1.165, 1.54) is 25.1 Å². The largest absolute Gasteiger partial charge is 0.351 e. The van der Waals surface area contributed by atoms with Gasteiger partial charge in [-0.1, -0.05) is 45.7 Å². The highest BCUT2D eigenvalue weighted by molar-refractivity contribution is 9.09. The molecule has 0 fully saturated rings. The minimum atomic E-state index is -3.96. The van der Waals surface area contributed by atoms with Crippen LogP contribution in [0.2, 0.25) is 5.02 Å². The van der Waals surface area contributed by atoms with Gasteiger partial charge in [-0.25, -0.2) is 12.4 Å². The van der Waals surface area contributed by atoms with Crippen molar-refractivity contribution in [2.24, 2.45) is 0 Å². The second kappa shape index (κ2) is 8.06. The van der Waals surface area contributed by atoms with Crippen LogP contribution in [-0.4, -0.2) is 29.4 Å². The average molecular weight is 484 g/mol. The van der Waals surface area contributed by atoms with Crippen molar-refractivity contribution in [3.8, 4) is 0 Å². The number of alkyl halides is 1. The third kappa shape index (κ3) is 3.85. The SMILES string of the molecule is CC(=O)NCc1cc2cc(Cl)c(C(=O)CBr)cc2n1S(=O)(=O)c1ccccc1. The summed E-state index contributed by atoms with van der Waals surface area (Å²) in [5.41, 5.74) is 0.895. The first-order valence-corrected chi connectivity index (χ1v) is 11.2. The molecule has 0 aliphatic rings. The van der Waals surface area contributed by atoms with Crippen LogP contribution in [0.5, 0.6) is 0 Å². The highest BCUT2D eigenvalue weighted by Gasteiger charge is 2.24. The van der Waals surface area contributed by atoms with Crippen LogP contribution in [0.15, 0.2) is 53.4 Å². The van der Waals surface area contributed by atoms with Gasteiger partial charge in [0.1, 0.15) is 0 Å². The Balaban J connectivity index is 2.31. The number of fused-ring (bicyclic) bond motifs is 1. The molecular weight excluding hydrogens is 468 g/mol. The molecule has 0 saturated heterocycles. The molecule has 146 valence electrons. The number of nitrogens with one attached hydrogen (secondary N) is 1. The van der Waals surface area contributed by atoms with Crippen LogP contribution < -0.4 is 5.32 Å². The molecule has 0 aliphatic heterocycles. The molecule has 28 heavy (non-hydrogen) atoms. The number of aromatic nitrogens is 1. The maximum absolute atomic E-state index is 13.3. The molecular formula is C19H16BrClN2O4S. The Labute approximate surface area is 175 Å². The number of amides is 1. The summed E-state index contributed by atoms with van der Waals surface area (Å²) in [4.78, 5) is 23.6. The van der Waals surface area contributed by atoms with Gasteiger partial charge in [0.2, 0.25) is 5.91 Å². The fourth-order valence-corrected chi connectivity index (χ4v) is 5.00. The van der Waals surface area contributed by atoms with E-state index in [1.54, 1.807) is 30.3 Å². The van der Waals surface area contributed by atoms with E-state index >= 15 is 0 Å².